The molecule has 0 fully saturated rings. The number of aliphatic hydroxyl groups is 2. The summed E-state index contributed by atoms with van der Waals surface area (Å²) in [4.78, 5) is 21.4. The minimum Gasteiger partial charge on any atom is -0.463 e. The second kappa shape index (κ2) is 5.69. The van der Waals surface area contributed by atoms with Crippen LogP contribution in [0.1, 0.15) is 13.3 Å². The number of carbonyl (C=O) groups is 2. The highest BCUT2D eigenvalue weighted by molar-refractivity contribution is 5.94. The van der Waals surface area contributed by atoms with Crippen molar-refractivity contribution in [3.05, 3.63) is 0 Å². The Hall–Kier alpha value is -0.980. The van der Waals surface area contributed by atoms with Crippen molar-refractivity contribution in [2.75, 3.05) is 19.8 Å². The Bertz CT molecular complexity index is 212. The summed E-state index contributed by atoms with van der Waals surface area (Å²) in [6.45, 7) is -0.0607. The van der Waals surface area contributed by atoms with Crippen molar-refractivity contribution in [1.82, 2.24) is 0 Å². The van der Waals surface area contributed by atoms with Crippen LogP contribution in [0.2, 0.25) is 0 Å². The number of ketones is 1. The quantitative estimate of drug-likeness (QED) is 0.348. The van der Waals surface area contributed by atoms with Crippen molar-refractivity contribution in [1.29, 1.82) is 0 Å². The molecule has 4 N–H and O–H groups in total. The lowest BCUT2D eigenvalue weighted by molar-refractivity contribution is -0.148. The fraction of sp³-hybridized carbons (Fsp3) is 0.750. The molecule has 0 heterocycles. The van der Waals surface area contributed by atoms with Crippen LogP contribution in [0.3, 0.4) is 0 Å². The standard InChI is InChI=1S/C8H15NO5/c1-6(12)2-7(13)14-5-8(9,3-10)4-11/h10-11H,2-5,9H2,1H3. The number of rotatable bonds is 6. The van der Waals surface area contributed by atoms with Gasteiger partial charge in [-0.3, -0.25) is 9.59 Å². The van der Waals surface area contributed by atoms with E-state index in [0.29, 0.717) is 0 Å². The summed E-state index contributed by atoms with van der Waals surface area (Å²) >= 11 is 0. The van der Waals surface area contributed by atoms with Crippen LogP contribution in [-0.2, 0) is 14.3 Å². The first kappa shape index (κ1) is 13.0. The molecule has 0 saturated heterocycles. The van der Waals surface area contributed by atoms with Gasteiger partial charge in [0.2, 0.25) is 0 Å². The molecule has 0 unspecified atom stereocenters. The molecule has 0 rings (SSSR count). The molecule has 0 spiro atoms. The highest BCUT2D eigenvalue weighted by Crippen LogP contribution is 2.00. The van der Waals surface area contributed by atoms with E-state index in [9.17, 15) is 9.59 Å². The van der Waals surface area contributed by atoms with E-state index in [1.165, 1.54) is 6.92 Å². The molecule has 0 aliphatic carbocycles. The third kappa shape index (κ3) is 4.90. The van der Waals surface area contributed by atoms with E-state index in [4.69, 9.17) is 15.9 Å². The maximum absolute atomic E-state index is 10.9. The van der Waals surface area contributed by atoms with Crippen LogP contribution < -0.4 is 5.73 Å². The van der Waals surface area contributed by atoms with Crippen LogP contribution in [0, 0.1) is 0 Å². The van der Waals surface area contributed by atoms with Crippen LogP contribution in [0.5, 0.6) is 0 Å². The molecule has 0 radical (unpaired) electrons. The second-order valence-electron chi connectivity index (χ2n) is 3.22. The monoisotopic (exact) mass is 205 g/mol. The molecule has 0 aromatic heterocycles. The molecule has 0 amide bonds. The van der Waals surface area contributed by atoms with Crippen molar-refractivity contribution < 1.29 is 24.5 Å². The van der Waals surface area contributed by atoms with Gasteiger partial charge in [0.05, 0.1) is 18.8 Å². The fourth-order valence-corrected chi connectivity index (χ4v) is 0.620. The highest BCUT2D eigenvalue weighted by atomic mass is 16.5. The Morgan fingerprint density at radius 2 is 1.86 bits per heavy atom. The summed E-state index contributed by atoms with van der Waals surface area (Å²) < 4.78 is 4.60. The minimum absolute atomic E-state index is 0.313. The SMILES string of the molecule is CC(=O)CC(=O)OCC(N)(CO)CO. The molecule has 0 bridgehead atoms. The van der Waals surface area contributed by atoms with Gasteiger partial charge in [0, 0.05) is 0 Å². The van der Waals surface area contributed by atoms with E-state index >= 15 is 0 Å². The third-order valence-corrected chi connectivity index (χ3v) is 1.54. The van der Waals surface area contributed by atoms with Gasteiger partial charge in [0.25, 0.3) is 0 Å². The maximum atomic E-state index is 10.9. The number of carbonyl (C=O) groups excluding carboxylic acids is 2. The summed E-state index contributed by atoms with van der Waals surface area (Å²) in [6, 6.07) is 0. The third-order valence-electron chi connectivity index (χ3n) is 1.54. The number of hydrogen-bond donors (Lipinski definition) is 3. The number of ether oxygens (including phenoxy) is 1. The van der Waals surface area contributed by atoms with E-state index in [1.807, 2.05) is 0 Å². The van der Waals surface area contributed by atoms with Crippen LogP contribution >= 0.6 is 0 Å². The van der Waals surface area contributed by atoms with E-state index < -0.39 is 24.7 Å². The molecule has 0 aliphatic heterocycles. The normalized spacial score (nSPS) is 11.1. The lowest BCUT2D eigenvalue weighted by atomic mass is 10.1. The summed E-state index contributed by atoms with van der Waals surface area (Å²) in [5.41, 5.74) is 4.07. The smallest absolute Gasteiger partial charge is 0.313 e. The zero-order chi connectivity index (χ0) is 11.2. The molecule has 6 heteroatoms. The Balaban J connectivity index is 3.92. The fourth-order valence-electron chi connectivity index (χ4n) is 0.620. The van der Waals surface area contributed by atoms with Gasteiger partial charge in [-0.1, -0.05) is 0 Å². The molecule has 0 aromatic carbocycles. The molecule has 0 saturated carbocycles. The van der Waals surface area contributed by atoms with Crippen LogP contribution in [0.15, 0.2) is 0 Å². The van der Waals surface area contributed by atoms with E-state index in [1.54, 1.807) is 0 Å². The Kier molecular flexibility index (Phi) is 5.29. The minimum atomic E-state index is -1.34. The van der Waals surface area contributed by atoms with Gasteiger partial charge in [0.1, 0.15) is 18.8 Å². The lowest BCUT2D eigenvalue weighted by Crippen LogP contribution is -2.51. The van der Waals surface area contributed by atoms with Crippen molar-refractivity contribution in [3.8, 4) is 0 Å². The van der Waals surface area contributed by atoms with E-state index in [0.717, 1.165) is 0 Å². The van der Waals surface area contributed by atoms with Crippen LogP contribution in [-0.4, -0.2) is 47.3 Å². The second-order valence-corrected chi connectivity index (χ2v) is 3.22. The van der Waals surface area contributed by atoms with Crippen molar-refractivity contribution in [3.63, 3.8) is 0 Å². The molecule has 0 aliphatic rings. The van der Waals surface area contributed by atoms with Crippen LogP contribution in [0.25, 0.3) is 0 Å². The van der Waals surface area contributed by atoms with Crippen molar-refractivity contribution in [2.24, 2.45) is 5.73 Å². The van der Waals surface area contributed by atoms with Gasteiger partial charge in [0.15, 0.2) is 0 Å². The first-order valence-corrected chi connectivity index (χ1v) is 4.09. The Morgan fingerprint density at radius 1 is 1.36 bits per heavy atom. The van der Waals surface area contributed by atoms with Gasteiger partial charge in [-0.2, -0.15) is 0 Å². The van der Waals surface area contributed by atoms with Gasteiger partial charge >= 0.3 is 5.97 Å². The summed E-state index contributed by atoms with van der Waals surface area (Å²) in [5, 5.41) is 17.5. The number of Topliss-reactive ketones (excluding diaryl/α,β-unsaturated/α-hetero) is 1. The zero-order valence-corrected chi connectivity index (χ0v) is 8.02. The molecule has 82 valence electrons. The molecular formula is C8H15NO5. The summed E-state index contributed by atoms with van der Waals surface area (Å²) in [6.07, 6.45) is -0.326. The van der Waals surface area contributed by atoms with Crippen LogP contribution in [0.4, 0.5) is 0 Å². The van der Waals surface area contributed by atoms with E-state index in [2.05, 4.69) is 4.74 Å². The van der Waals surface area contributed by atoms with Gasteiger partial charge in [-0.05, 0) is 6.92 Å². The molecule has 14 heavy (non-hydrogen) atoms. The Morgan fingerprint density at radius 3 is 2.21 bits per heavy atom. The predicted molar refractivity (Wildman–Crippen MR) is 47.3 cm³/mol. The lowest BCUT2D eigenvalue weighted by Gasteiger charge is -2.23. The van der Waals surface area contributed by atoms with Crippen molar-refractivity contribution >= 4 is 11.8 Å². The predicted octanol–water partition coefficient (Wildman–Crippen LogP) is -1.81. The first-order chi connectivity index (χ1) is 6.43. The zero-order valence-electron chi connectivity index (χ0n) is 8.02. The van der Waals surface area contributed by atoms with E-state index in [-0.39, 0.29) is 18.8 Å². The van der Waals surface area contributed by atoms with Gasteiger partial charge in [-0.15, -0.1) is 0 Å². The molecule has 0 atom stereocenters. The maximum Gasteiger partial charge on any atom is 0.313 e. The number of nitrogens with two attached hydrogens (primary N) is 1. The molecule has 0 aromatic rings. The number of esters is 1. The summed E-state index contributed by atoms with van der Waals surface area (Å²) in [7, 11) is 0. The average molecular weight is 205 g/mol. The van der Waals surface area contributed by atoms with Crippen molar-refractivity contribution in [2.45, 2.75) is 18.9 Å². The molecule has 6 nitrogen and oxygen atoms in total. The largest absolute Gasteiger partial charge is 0.463 e. The average Bonchev–Trinajstić information content (AvgIpc) is 2.13. The number of hydrogen-bond acceptors (Lipinski definition) is 6. The van der Waals surface area contributed by atoms with Gasteiger partial charge < -0.3 is 20.7 Å². The summed E-state index contributed by atoms with van der Waals surface area (Å²) in [5.74, 6) is -1.03. The number of aliphatic hydroxyl groups excluding tert-OH is 2. The molecular weight excluding hydrogens is 190 g/mol. The first-order valence-electron chi connectivity index (χ1n) is 4.09. The highest BCUT2D eigenvalue weighted by Gasteiger charge is 2.25. The topological polar surface area (TPSA) is 110 Å². The Labute approximate surface area is 81.7 Å². The van der Waals surface area contributed by atoms with Gasteiger partial charge in [-0.25, -0.2) is 0 Å².